The molecule has 0 aliphatic heterocycles. The maximum Gasteiger partial charge on any atom is 0.0719 e. The summed E-state index contributed by atoms with van der Waals surface area (Å²) in [6.45, 7) is 2.10. The van der Waals surface area contributed by atoms with Gasteiger partial charge >= 0.3 is 0 Å². The van der Waals surface area contributed by atoms with Crippen molar-refractivity contribution in [1.82, 2.24) is 10.3 Å². The molecule has 2 aromatic rings. The van der Waals surface area contributed by atoms with E-state index in [1.165, 1.54) is 0 Å². The fraction of sp³-hybridized carbons (Fsp3) is 0.250. The molecule has 2 nitrogen and oxygen atoms in total. The van der Waals surface area contributed by atoms with Gasteiger partial charge in [-0.05, 0) is 42.0 Å². The second-order valence-corrected chi connectivity index (χ2v) is 4.41. The standard InChI is InChI=1S/C12H13BrN2/c1-8(14-2)12-10(13)7-9-5-3-4-6-11(9)15-12/h3-8,14H,1-2H3. The van der Waals surface area contributed by atoms with Gasteiger partial charge in [0.25, 0.3) is 0 Å². The Balaban J connectivity index is 2.61. The Morgan fingerprint density at radius 3 is 2.80 bits per heavy atom. The minimum atomic E-state index is 0.254. The van der Waals surface area contributed by atoms with Crippen molar-refractivity contribution in [2.45, 2.75) is 13.0 Å². The van der Waals surface area contributed by atoms with Crippen LogP contribution in [-0.4, -0.2) is 12.0 Å². The van der Waals surface area contributed by atoms with Gasteiger partial charge in [0.2, 0.25) is 0 Å². The van der Waals surface area contributed by atoms with Crippen LogP contribution in [0.3, 0.4) is 0 Å². The number of aromatic nitrogens is 1. The highest BCUT2D eigenvalue weighted by atomic mass is 79.9. The monoisotopic (exact) mass is 264 g/mol. The van der Waals surface area contributed by atoms with Gasteiger partial charge in [-0.3, -0.25) is 0 Å². The van der Waals surface area contributed by atoms with Gasteiger partial charge in [0.05, 0.1) is 11.2 Å². The number of pyridine rings is 1. The maximum atomic E-state index is 4.64. The maximum absolute atomic E-state index is 4.64. The zero-order chi connectivity index (χ0) is 10.8. The average Bonchev–Trinajstić information content (AvgIpc) is 2.27. The zero-order valence-electron chi connectivity index (χ0n) is 8.79. The van der Waals surface area contributed by atoms with Crippen molar-refractivity contribution >= 4 is 26.8 Å². The third kappa shape index (κ3) is 2.03. The molecule has 3 heteroatoms. The summed E-state index contributed by atoms with van der Waals surface area (Å²) in [7, 11) is 1.94. The summed E-state index contributed by atoms with van der Waals surface area (Å²) in [4.78, 5) is 4.64. The van der Waals surface area contributed by atoms with E-state index in [-0.39, 0.29) is 6.04 Å². The van der Waals surface area contributed by atoms with Crippen molar-refractivity contribution in [3.63, 3.8) is 0 Å². The van der Waals surface area contributed by atoms with Crippen molar-refractivity contribution in [1.29, 1.82) is 0 Å². The third-order valence-corrected chi connectivity index (χ3v) is 3.18. The van der Waals surface area contributed by atoms with Crippen LogP contribution in [0.1, 0.15) is 18.7 Å². The van der Waals surface area contributed by atoms with Gasteiger partial charge in [0, 0.05) is 15.9 Å². The van der Waals surface area contributed by atoms with Gasteiger partial charge in [0.1, 0.15) is 0 Å². The summed E-state index contributed by atoms with van der Waals surface area (Å²) >= 11 is 3.56. The number of hydrogen-bond acceptors (Lipinski definition) is 2. The van der Waals surface area contributed by atoms with E-state index in [4.69, 9.17) is 0 Å². The normalized spacial score (nSPS) is 13.0. The number of fused-ring (bicyclic) bond motifs is 1. The van der Waals surface area contributed by atoms with E-state index in [0.29, 0.717) is 0 Å². The molecule has 1 atom stereocenters. The Labute approximate surface area is 97.8 Å². The summed E-state index contributed by atoms with van der Waals surface area (Å²) in [5, 5.41) is 4.36. The number of para-hydroxylation sites is 1. The Bertz CT molecular complexity index is 482. The molecule has 0 saturated carbocycles. The van der Waals surface area contributed by atoms with Gasteiger partial charge < -0.3 is 5.32 Å². The smallest absolute Gasteiger partial charge is 0.0719 e. The van der Waals surface area contributed by atoms with Crippen molar-refractivity contribution in [3.05, 3.63) is 40.5 Å². The second-order valence-electron chi connectivity index (χ2n) is 3.56. The van der Waals surface area contributed by atoms with Crippen LogP contribution in [0.15, 0.2) is 34.8 Å². The topological polar surface area (TPSA) is 24.9 Å². The first-order valence-electron chi connectivity index (χ1n) is 4.95. The molecule has 78 valence electrons. The molecular weight excluding hydrogens is 252 g/mol. The van der Waals surface area contributed by atoms with Gasteiger partial charge in [-0.25, -0.2) is 4.98 Å². The van der Waals surface area contributed by atoms with Crippen LogP contribution in [0.5, 0.6) is 0 Å². The summed E-state index contributed by atoms with van der Waals surface area (Å²) in [6, 6.07) is 10.5. The molecule has 1 N–H and O–H groups in total. The lowest BCUT2D eigenvalue weighted by molar-refractivity contribution is 0.632. The first-order valence-corrected chi connectivity index (χ1v) is 5.74. The van der Waals surface area contributed by atoms with Gasteiger partial charge in [-0.1, -0.05) is 18.2 Å². The van der Waals surface area contributed by atoms with Crippen molar-refractivity contribution < 1.29 is 0 Å². The van der Waals surface area contributed by atoms with E-state index in [0.717, 1.165) is 21.1 Å². The molecule has 0 bridgehead atoms. The largest absolute Gasteiger partial charge is 0.312 e. The highest BCUT2D eigenvalue weighted by Crippen LogP contribution is 2.25. The molecular formula is C12H13BrN2. The second kappa shape index (κ2) is 4.29. The molecule has 0 radical (unpaired) electrons. The Morgan fingerprint density at radius 1 is 1.33 bits per heavy atom. The lowest BCUT2D eigenvalue weighted by atomic mass is 10.1. The molecule has 0 aliphatic carbocycles. The molecule has 0 spiro atoms. The quantitative estimate of drug-likeness (QED) is 0.901. The molecule has 1 unspecified atom stereocenters. The van der Waals surface area contributed by atoms with E-state index in [9.17, 15) is 0 Å². The Kier molecular flexibility index (Phi) is 3.03. The molecule has 15 heavy (non-hydrogen) atoms. The molecule has 1 aromatic heterocycles. The highest BCUT2D eigenvalue weighted by Gasteiger charge is 2.09. The van der Waals surface area contributed by atoms with Crippen molar-refractivity contribution in [2.75, 3.05) is 7.05 Å². The van der Waals surface area contributed by atoms with Gasteiger partial charge in [-0.15, -0.1) is 0 Å². The highest BCUT2D eigenvalue weighted by molar-refractivity contribution is 9.10. The molecule has 2 rings (SSSR count). The number of halogens is 1. The molecule has 0 amide bonds. The van der Waals surface area contributed by atoms with Gasteiger partial charge in [-0.2, -0.15) is 0 Å². The molecule has 0 aliphatic rings. The van der Waals surface area contributed by atoms with E-state index < -0.39 is 0 Å². The predicted molar refractivity (Wildman–Crippen MR) is 66.9 cm³/mol. The van der Waals surface area contributed by atoms with E-state index in [2.05, 4.69) is 45.3 Å². The Morgan fingerprint density at radius 2 is 2.07 bits per heavy atom. The minimum Gasteiger partial charge on any atom is -0.312 e. The van der Waals surface area contributed by atoms with Crippen LogP contribution >= 0.6 is 15.9 Å². The summed E-state index contributed by atoms with van der Waals surface area (Å²) in [5.74, 6) is 0. The molecule has 0 saturated heterocycles. The first kappa shape index (κ1) is 10.6. The van der Waals surface area contributed by atoms with E-state index in [1.54, 1.807) is 0 Å². The lowest BCUT2D eigenvalue weighted by Crippen LogP contribution is -2.14. The number of hydrogen-bond donors (Lipinski definition) is 1. The molecule has 1 heterocycles. The fourth-order valence-corrected chi connectivity index (χ4v) is 2.22. The summed E-state index contributed by atoms with van der Waals surface area (Å²) < 4.78 is 1.06. The van der Waals surface area contributed by atoms with E-state index >= 15 is 0 Å². The molecule has 0 fully saturated rings. The number of nitrogens with zero attached hydrogens (tertiary/aromatic N) is 1. The first-order chi connectivity index (χ1) is 7.22. The third-order valence-electron chi connectivity index (χ3n) is 2.55. The van der Waals surface area contributed by atoms with E-state index in [1.807, 2.05) is 25.2 Å². The zero-order valence-corrected chi connectivity index (χ0v) is 10.4. The fourth-order valence-electron chi connectivity index (χ4n) is 1.55. The van der Waals surface area contributed by atoms with Crippen LogP contribution in [0.4, 0.5) is 0 Å². The van der Waals surface area contributed by atoms with Gasteiger partial charge in [0.15, 0.2) is 0 Å². The van der Waals surface area contributed by atoms with Crippen molar-refractivity contribution in [3.8, 4) is 0 Å². The predicted octanol–water partition coefficient (Wildman–Crippen LogP) is 3.28. The van der Waals surface area contributed by atoms with Crippen LogP contribution < -0.4 is 5.32 Å². The summed E-state index contributed by atoms with van der Waals surface area (Å²) in [6.07, 6.45) is 0. The minimum absolute atomic E-state index is 0.254. The number of nitrogens with one attached hydrogen (secondary N) is 1. The lowest BCUT2D eigenvalue weighted by Gasteiger charge is -2.12. The number of benzene rings is 1. The van der Waals surface area contributed by atoms with Crippen LogP contribution in [0, 0.1) is 0 Å². The molecule has 1 aromatic carbocycles. The number of rotatable bonds is 2. The SMILES string of the molecule is CNC(C)c1nc2ccccc2cc1Br. The average molecular weight is 265 g/mol. The van der Waals surface area contributed by atoms with Crippen LogP contribution in [0.25, 0.3) is 10.9 Å². The summed E-state index contributed by atoms with van der Waals surface area (Å²) in [5.41, 5.74) is 2.09. The van der Waals surface area contributed by atoms with Crippen LogP contribution in [-0.2, 0) is 0 Å². The Hall–Kier alpha value is -0.930. The van der Waals surface area contributed by atoms with Crippen molar-refractivity contribution in [2.24, 2.45) is 0 Å². The van der Waals surface area contributed by atoms with Crippen LogP contribution in [0.2, 0.25) is 0 Å².